The quantitative estimate of drug-likeness (QED) is 0.556. The van der Waals surface area contributed by atoms with Gasteiger partial charge in [-0.05, 0) is 12.1 Å². The molecule has 0 aliphatic carbocycles. The monoisotopic (exact) mass is 295 g/mol. The van der Waals surface area contributed by atoms with Crippen LogP contribution in [-0.2, 0) is 0 Å². The molecule has 3 rings (SSSR count). The molecule has 3 aromatic heterocycles. The molecule has 102 valence electrons. The highest BCUT2D eigenvalue weighted by Gasteiger charge is 2.14. The van der Waals surface area contributed by atoms with Crippen LogP contribution < -0.4 is 5.23 Å². The van der Waals surface area contributed by atoms with Gasteiger partial charge in [0.15, 0.2) is 11.0 Å². The molecule has 0 fully saturated rings. The first-order valence-electron chi connectivity index (χ1n) is 5.39. The van der Waals surface area contributed by atoms with Crippen LogP contribution >= 0.6 is 11.6 Å². The Bertz CT molecular complexity index is 792. The first-order chi connectivity index (χ1) is 9.56. The van der Waals surface area contributed by atoms with E-state index in [0.29, 0.717) is 11.3 Å². The summed E-state index contributed by atoms with van der Waals surface area (Å²) in [6, 6.07) is 2.80. The molecule has 7 nitrogen and oxygen atoms in total. The highest BCUT2D eigenvalue weighted by Crippen LogP contribution is 2.24. The van der Waals surface area contributed by atoms with Gasteiger partial charge in [-0.2, -0.15) is 0 Å². The number of halogens is 2. The van der Waals surface area contributed by atoms with E-state index >= 15 is 0 Å². The van der Waals surface area contributed by atoms with Crippen LogP contribution in [0.4, 0.5) is 10.1 Å². The van der Waals surface area contributed by atoms with Gasteiger partial charge in [-0.25, -0.2) is 19.3 Å². The number of pyridine rings is 1. The zero-order valence-electron chi connectivity index (χ0n) is 9.77. The van der Waals surface area contributed by atoms with Crippen molar-refractivity contribution in [2.24, 2.45) is 0 Å². The lowest BCUT2D eigenvalue weighted by Gasteiger charge is -2.09. The number of nitrogens with zero attached hydrogens (tertiary/aromatic N) is 5. The number of fused-ring (bicyclic) bond motifs is 1. The minimum atomic E-state index is -0.434. The van der Waals surface area contributed by atoms with E-state index < -0.39 is 5.82 Å². The van der Waals surface area contributed by atoms with Gasteiger partial charge in [-0.1, -0.05) is 11.6 Å². The van der Waals surface area contributed by atoms with Crippen molar-refractivity contribution in [1.82, 2.24) is 19.4 Å². The van der Waals surface area contributed by atoms with Gasteiger partial charge in [0.25, 0.3) is 0 Å². The van der Waals surface area contributed by atoms with Crippen LogP contribution in [0.15, 0.2) is 30.7 Å². The van der Waals surface area contributed by atoms with Gasteiger partial charge in [0, 0.05) is 6.20 Å². The molecule has 0 atom stereocenters. The van der Waals surface area contributed by atoms with Gasteiger partial charge in [-0.15, -0.1) is 5.23 Å². The Morgan fingerprint density at radius 2 is 2.00 bits per heavy atom. The van der Waals surface area contributed by atoms with Crippen molar-refractivity contribution in [2.45, 2.75) is 0 Å². The Hall–Kier alpha value is -2.29. The molecule has 0 spiro atoms. The Balaban J connectivity index is 2.16. The maximum Gasteiger partial charge on any atom is 0.179 e. The van der Waals surface area contributed by atoms with Gasteiger partial charge >= 0.3 is 0 Å². The highest BCUT2D eigenvalue weighted by molar-refractivity contribution is 6.32. The molecule has 20 heavy (non-hydrogen) atoms. The van der Waals surface area contributed by atoms with Gasteiger partial charge in [0.1, 0.15) is 22.8 Å². The second-order valence-corrected chi connectivity index (χ2v) is 4.24. The molecule has 9 heteroatoms. The smallest absolute Gasteiger partial charge is 0.179 e. The Morgan fingerprint density at radius 3 is 2.70 bits per heavy atom. The first-order valence-corrected chi connectivity index (χ1v) is 5.77. The van der Waals surface area contributed by atoms with Crippen LogP contribution in [-0.4, -0.2) is 29.8 Å². The van der Waals surface area contributed by atoms with Crippen LogP contribution in [0.3, 0.4) is 0 Å². The zero-order valence-corrected chi connectivity index (χ0v) is 10.5. The molecular formula is C11H7ClFN5O2. The molecular weight excluding hydrogens is 289 g/mol. The van der Waals surface area contributed by atoms with Gasteiger partial charge in [0.05, 0.1) is 12.4 Å². The molecule has 0 aliphatic heterocycles. The van der Waals surface area contributed by atoms with Crippen molar-refractivity contribution in [1.29, 1.82) is 0 Å². The molecule has 2 N–H and O–H groups in total. The van der Waals surface area contributed by atoms with Crippen LogP contribution in [0.2, 0.25) is 5.15 Å². The summed E-state index contributed by atoms with van der Waals surface area (Å²) in [6.45, 7) is 0. The third-order valence-electron chi connectivity index (χ3n) is 2.64. The lowest BCUT2D eigenvalue weighted by molar-refractivity contribution is 0.0289. The Kier molecular flexibility index (Phi) is 2.97. The highest BCUT2D eigenvalue weighted by atomic mass is 35.5. The standard InChI is InChI=1S/C11H7ClFN5O2/c12-10-7(18(19)20)3-15-11(16-10)8-4-14-9-2-1-6(13)5-17(8)9/h1-5,19-20H. The molecule has 0 unspecified atom stereocenters. The summed E-state index contributed by atoms with van der Waals surface area (Å²) in [5.41, 5.74) is 0.780. The fourth-order valence-electron chi connectivity index (χ4n) is 1.73. The summed E-state index contributed by atoms with van der Waals surface area (Å²) in [5.74, 6) is -0.255. The molecule has 3 heterocycles. The van der Waals surface area contributed by atoms with Gasteiger partial charge in [-0.3, -0.25) is 14.8 Å². The van der Waals surface area contributed by atoms with E-state index in [1.54, 1.807) is 0 Å². The minimum absolute atomic E-state index is 0.161. The summed E-state index contributed by atoms with van der Waals surface area (Å²) >= 11 is 5.81. The maximum atomic E-state index is 13.3. The first kappa shape index (κ1) is 12.7. The Labute approximate surface area is 116 Å². The average Bonchev–Trinajstić information content (AvgIpc) is 2.81. The van der Waals surface area contributed by atoms with Crippen molar-refractivity contribution >= 4 is 22.9 Å². The predicted molar refractivity (Wildman–Crippen MR) is 67.2 cm³/mol. The molecule has 0 bridgehead atoms. The molecule has 0 aromatic carbocycles. The minimum Gasteiger partial charge on any atom is -0.294 e. The van der Waals surface area contributed by atoms with Crippen LogP contribution in [0.5, 0.6) is 0 Å². The number of hydrogen-bond acceptors (Lipinski definition) is 6. The summed E-state index contributed by atoms with van der Waals surface area (Å²) in [5, 5.41) is 17.4. The number of imidazole rings is 1. The molecule has 0 saturated heterocycles. The third-order valence-corrected chi connectivity index (χ3v) is 2.92. The van der Waals surface area contributed by atoms with Gasteiger partial charge < -0.3 is 0 Å². The summed E-state index contributed by atoms with van der Waals surface area (Å²) in [4.78, 5) is 12.0. The van der Waals surface area contributed by atoms with E-state index in [-0.39, 0.29) is 21.9 Å². The summed E-state index contributed by atoms with van der Waals surface area (Å²) < 4.78 is 14.7. The number of anilines is 1. The van der Waals surface area contributed by atoms with E-state index in [4.69, 9.17) is 22.0 Å². The normalized spacial score (nSPS) is 11.0. The summed E-state index contributed by atoms with van der Waals surface area (Å²) in [7, 11) is 0. The third kappa shape index (κ3) is 2.05. The second kappa shape index (κ2) is 4.67. The second-order valence-electron chi connectivity index (χ2n) is 3.88. The SMILES string of the molecule is ON(O)c1cnc(-c2cnc3ccc(F)cn23)nc1Cl. The molecule has 0 radical (unpaired) electrons. The fourth-order valence-corrected chi connectivity index (χ4v) is 1.94. The Morgan fingerprint density at radius 1 is 1.20 bits per heavy atom. The maximum absolute atomic E-state index is 13.3. The van der Waals surface area contributed by atoms with E-state index in [9.17, 15) is 4.39 Å². The molecule has 0 aliphatic rings. The predicted octanol–water partition coefficient (Wildman–Crippen LogP) is 2.17. The van der Waals surface area contributed by atoms with E-state index in [1.807, 2.05) is 0 Å². The fraction of sp³-hybridized carbons (Fsp3) is 0. The zero-order chi connectivity index (χ0) is 14.3. The van der Waals surface area contributed by atoms with E-state index in [0.717, 1.165) is 6.20 Å². The van der Waals surface area contributed by atoms with Crippen molar-refractivity contribution < 1.29 is 14.8 Å². The number of aromatic nitrogens is 4. The summed E-state index contributed by atoms with van der Waals surface area (Å²) in [6.07, 6.45) is 3.84. The largest absolute Gasteiger partial charge is 0.294 e. The van der Waals surface area contributed by atoms with Crippen molar-refractivity contribution in [2.75, 3.05) is 5.23 Å². The molecule has 3 aromatic rings. The van der Waals surface area contributed by atoms with Crippen LogP contribution in [0, 0.1) is 5.82 Å². The topological polar surface area (TPSA) is 86.8 Å². The lowest BCUT2D eigenvalue weighted by atomic mass is 10.4. The van der Waals surface area contributed by atoms with Gasteiger partial charge in [0.2, 0.25) is 0 Å². The van der Waals surface area contributed by atoms with Crippen LogP contribution in [0.1, 0.15) is 0 Å². The van der Waals surface area contributed by atoms with Crippen molar-refractivity contribution in [3.63, 3.8) is 0 Å². The average molecular weight is 296 g/mol. The molecule has 0 amide bonds. The van der Waals surface area contributed by atoms with E-state index in [1.165, 1.54) is 28.9 Å². The number of rotatable bonds is 2. The van der Waals surface area contributed by atoms with E-state index in [2.05, 4.69) is 15.0 Å². The number of hydrogen-bond donors (Lipinski definition) is 2. The lowest BCUT2D eigenvalue weighted by Crippen LogP contribution is -2.12. The van der Waals surface area contributed by atoms with Crippen molar-refractivity contribution in [3.8, 4) is 11.5 Å². The molecule has 0 saturated carbocycles. The van der Waals surface area contributed by atoms with Crippen molar-refractivity contribution in [3.05, 3.63) is 41.7 Å². The van der Waals surface area contributed by atoms with Crippen LogP contribution in [0.25, 0.3) is 17.2 Å².